The standard InChI is InChI=1S/C25H26N4O2S/c1-15-10-16(2)23(17(3)11-15)27-22(30)13-26-24(31)21-12-20-18(4)28-29(25(20)32-21)14-19-8-6-5-7-9-19/h5-12H,13-14H2,1-4H3,(H,26,31)(H,27,30). The molecule has 2 aromatic carbocycles. The summed E-state index contributed by atoms with van der Waals surface area (Å²) in [5, 5.41) is 11.2. The van der Waals surface area contributed by atoms with E-state index >= 15 is 0 Å². The summed E-state index contributed by atoms with van der Waals surface area (Å²) in [6.07, 6.45) is 0. The number of aryl methyl sites for hydroxylation is 4. The van der Waals surface area contributed by atoms with Crippen LogP contribution in [-0.4, -0.2) is 28.1 Å². The fraction of sp³-hybridized carbons (Fsp3) is 0.240. The van der Waals surface area contributed by atoms with Crippen molar-refractivity contribution >= 4 is 39.1 Å². The molecule has 0 radical (unpaired) electrons. The van der Waals surface area contributed by atoms with Gasteiger partial charge in [0.15, 0.2) is 0 Å². The van der Waals surface area contributed by atoms with E-state index in [1.807, 2.05) is 68.8 Å². The molecule has 0 atom stereocenters. The molecule has 4 rings (SSSR count). The van der Waals surface area contributed by atoms with Crippen molar-refractivity contribution in [3.8, 4) is 0 Å². The number of hydrogen-bond donors (Lipinski definition) is 2. The highest BCUT2D eigenvalue weighted by atomic mass is 32.1. The molecule has 4 aromatic rings. The Hall–Kier alpha value is -3.45. The van der Waals surface area contributed by atoms with Crippen LogP contribution in [0.25, 0.3) is 10.2 Å². The maximum Gasteiger partial charge on any atom is 0.261 e. The predicted octanol–water partition coefficient (Wildman–Crippen LogP) is 4.75. The largest absolute Gasteiger partial charge is 0.342 e. The van der Waals surface area contributed by atoms with Crippen LogP contribution >= 0.6 is 11.3 Å². The first-order chi connectivity index (χ1) is 15.3. The van der Waals surface area contributed by atoms with Crippen LogP contribution in [0.4, 0.5) is 5.69 Å². The van der Waals surface area contributed by atoms with Crippen LogP contribution in [0.5, 0.6) is 0 Å². The minimum atomic E-state index is -0.260. The van der Waals surface area contributed by atoms with Crippen LogP contribution in [-0.2, 0) is 11.3 Å². The summed E-state index contributed by atoms with van der Waals surface area (Å²) in [5.41, 5.74) is 5.99. The van der Waals surface area contributed by atoms with Crippen molar-refractivity contribution in [2.45, 2.75) is 34.2 Å². The number of anilines is 1. The van der Waals surface area contributed by atoms with Gasteiger partial charge in [-0.25, -0.2) is 0 Å². The van der Waals surface area contributed by atoms with Gasteiger partial charge in [-0.3, -0.25) is 14.3 Å². The normalized spacial score (nSPS) is 11.0. The monoisotopic (exact) mass is 446 g/mol. The minimum absolute atomic E-state index is 0.0883. The molecule has 164 valence electrons. The second kappa shape index (κ2) is 8.96. The van der Waals surface area contributed by atoms with E-state index in [0.717, 1.165) is 43.9 Å². The van der Waals surface area contributed by atoms with Crippen LogP contribution in [0, 0.1) is 27.7 Å². The Bertz CT molecular complexity index is 1280. The molecule has 0 unspecified atom stereocenters. The Labute approximate surface area is 191 Å². The van der Waals surface area contributed by atoms with Crippen molar-refractivity contribution in [1.29, 1.82) is 0 Å². The molecule has 2 amide bonds. The second-order valence-electron chi connectivity index (χ2n) is 8.06. The Kier molecular flexibility index (Phi) is 6.10. The lowest BCUT2D eigenvalue weighted by Gasteiger charge is -2.13. The number of nitrogens with zero attached hydrogens (tertiary/aromatic N) is 2. The topological polar surface area (TPSA) is 76.0 Å². The minimum Gasteiger partial charge on any atom is -0.342 e. The van der Waals surface area contributed by atoms with E-state index in [0.29, 0.717) is 11.4 Å². The molecular formula is C25H26N4O2S. The summed E-state index contributed by atoms with van der Waals surface area (Å²) in [4.78, 5) is 26.7. The molecule has 0 aliphatic heterocycles. The third-order valence-electron chi connectivity index (χ3n) is 5.36. The Morgan fingerprint density at radius 3 is 2.38 bits per heavy atom. The van der Waals surface area contributed by atoms with Gasteiger partial charge in [-0.05, 0) is 50.5 Å². The zero-order valence-corrected chi connectivity index (χ0v) is 19.5. The molecule has 32 heavy (non-hydrogen) atoms. The molecule has 0 bridgehead atoms. The predicted molar refractivity (Wildman–Crippen MR) is 130 cm³/mol. The van der Waals surface area contributed by atoms with E-state index in [1.54, 1.807) is 0 Å². The van der Waals surface area contributed by atoms with Gasteiger partial charge >= 0.3 is 0 Å². The summed E-state index contributed by atoms with van der Waals surface area (Å²) in [7, 11) is 0. The van der Waals surface area contributed by atoms with Crippen molar-refractivity contribution in [2.24, 2.45) is 0 Å². The van der Waals surface area contributed by atoms with Crippen LogP contribution in [0.1, 0.15) is 37.6 Å². The molecule has 7 heteroatoms. The highest BCUT2D eigenvalue weighted by molar-refractivity contribution is 7.20. The molecule has 0 aliphatic carbocycles. The van der Waals surface area contributed by atoms with Crippen molar-refractivity contribution in [2.75, 3.05) is 11.9 Å². The first-order valence-corrected chi connectivity index (χ1v) is 11.3. The van der Waals surface area contributed by atoms with Crippen LogP contribution in [0.15, 0.2) is 48.5 Å². The molecular weight excluding hydrogens is 420 g/mol. The van der Waals surface area contributed by atoms with E-state index in [1.165, 1.54) is 11.3 Å². The molecule has 0 spiro atoms. The van der Waals surface area contributed by atoms with Gasteiger partial charge in [-0.2, -0.15) is 5.10 Å². The third-order valence-corrected chi connectivity index (χ3v) is 6.50. The number of aromatic nitrogens is 2. The molecule has 0 saturated heterocycles. The maximum absolute atomic E-state index is 12.7. The molecule has 0 aliphatic rings. The first-order valence-electron chi connectivity index (χ1n) is 10.5. The summed E-state index contributed by atoms with van der Waals surface area (Å²) in [6.45, 7) is 8.45. The Balaban J connectivity index is 1.44. The zero-order chi connectivity index (χ0) is 22.8. The lowest BCUT2D eigenvalue weighted by Crippen LogP contribution is -2.32. The highest BCUT2D eigenvalue weighted by Gasteiger charge is 2.17. The number of hydrogen-bond acceptors (Lipinski definition) is 4. The number of benzene rings is 2. The van der Waals surface area contributed by atoms with Crippen molar-refractivity contribution < 1.29 is 9.59 Å². The van der Waals surface area contributed by atoms with Crippen molar-refractivity contribution in [3.05, 3.63) is 81.4 Å². The number of nitrogens with one attached hydrogen (secondary N) is 2. The summed E-state index contributed by atoms with van der Waals surface area (Å²) >= 11 is 1.39. The summed E-state index contributed by atoms with van der Waals surface area (Å²) in [5.74, 6) is -0.509. The SMILES string of the molecule is Cc1cc(C)c(NC(=O)CNC(=O)c2cc3c(C)nn(Cc4ccccc4)c3s2)c(C)c1. The Morgan fingerprint density at radius 1 is 1.00 bits per heavy atom. The maximum atomic E-state index is 12.7. The lowest BCUT2D eigenvalue weighted by molar-refractivity contribution is -0.115. The number of fused-ring (bicyclic) bond motifs is 1. The number of thiophene rings is 1. The van der Waals surface area contributed by atoms with Gasteiger partial charge < -0.3 is 10.6 Å². The van der Waals surface area contributed by atoms with Crippen molar-refractivity contribution in [3.63, 3.8) is 0 Å². The molecule has 6 nitrogen and oxygen atoms in total. The molecule has 2 N–H and O–H groups in total. The quantitative estimate of drug-likeness (QED) is 0.449. The van der Waals surface area contributed by atoms with Crippen LogP contribution < -0.4 is 10.6 Å². The smallest absolute Gasteiger partial charge is 0.261 e. The van der Waals surface area contributed by atoms with E-state index in [9.17, 15) is 9.59 Å². The van der Waals surface area contributed by atoms with Gasteiger partial charge in [0.1, 0.15) is 4.83 Å². The van der Waals surface area contributed by atoms with E-state index in [-0.39, 0.29) is 18.4 Å². The van der Waals surface area contributed by atoms with E-state index < -0.39 is 0 Å². The van der Waals surface area contributed by atoms with Gasteiger partial charge in [0.2, 0.25) is 5.91 Å². The van der Waals surface area contributed by atoms with Gasteiger partial charge in [0.25, 0.3) is 5.91 Å². The van der Waals surface area contributed by atoms with Crippen molar-refractivity contribution in [1.82, 2.24) is 15.1 Å². The number of amides is 2. The summed E-state index contributed by atoms with van der Waals surface area (Å²) < 4.78 is 1.93. The fourth-order valence-corrected chi connectivity index (χ4v) is 4.97. The van der Waals surface area contributed by atoms with Gasteiger partial charge in [-0.15, -0.1) is 11.3 Å². The van der Waals surface area contributed by atoms with E-state index in [4.69, 9.17) is 0 Å². The van der Waals surface area contributed by atoms with E-state index in [2.05, 4.69) is 27.9 Å². The molecule has 0 fully saturated rings. The van der Waals surface area contributed by atoms with Gasteiger partial charge in [0.05, 0.1) is 23.7 Å². The number of rotatable bonds is 6. The lowest BCUT2D eigenvalue weighted by atomic mass is 10.1. The van der Waals surface area contributed by atoms with Gasteiger partial charge in [-0.1, -0.05) is 48.0 Å². The number of carbonyl (C=O) groups is 2. The van der Waals surface area contributed by atoms with Crippen LogP contribution in [0.2, 0.25) is 0 Å². The third kappa shape index (κ3) is 4.57. The molecule has 2 aromatic heterocycles. The van der Waals surface area contributed by atoms with Crippen LogP contribution in [0.3, 0.4) is 0 Å². The highest BCUT2D eigenvalue weighted by Crippen LogP contribution is 2.29. The average molecular weight is 447 g/mol. The Morgan fingerprint density at radius 2 is 1.69 bits per heavy atom. The summed E-state index contributed by atoms with van der Waals surface area (Å²) in [6, 6.07) is 16.0. The fourth-order valence-electron chi connectivity index (χ4n) is 3.90. The average Bonchev–Trinajstić information content (AvgIpc) is 3.31. The van der Waals surface area contributed by atoms with Gasteiger partial charge in [0, 0.05) is 11.1 Å². The second-order valence-corrected chi connectivity index (χ2v) is 9.09. The first kappa shape index (κ1) is 21.8. The number of carbonyl (C=O) groups excluding carboxylic acids is 2. The molecule has 0 saturated carbocycles. The zero-order valence-electron chi connectivity index (χ0n) is 18.7. The molecule has 2 heterocycles.